The lowest BCUT2D eigenvalue weighted by Crippen LogP contribution is -2.37. The van der Waals surface area contributed by atoms with Gasteiger partial charge in [0.2, 0.25) is 5.91 Å². The maximum atomic E-state index is 14.4. The van der Waals surface area contributed by atoms with Crippen molar-refractivity contribution < 1.29 is 18.7 Å². The smallest absolute Gasteiger partial charge is 0.228 e. The van der Waals surface area contributed by atoms with E-state index in [0.717, 1.165) is 27.6 Å². The van der Waals surface area contributed by atoms with Gasteiger partial charge in [-0.3, -0.25) is 4.79 Å². The molecule has 4 nitrogen and oxygen atoms in total. The highest BCUT2D eigenvalue weighted by Gasteiger charge is 2.35. The summed E-state index contributed by atoms with van der Waals surface area (Å²) in [4.78, 5) is 15.2. The number of halogens is 1. The molecule has 0 aromatic heterocycles. The number of anilines is 1. The molecule has 166 valence electrons. The molecule has 33 heavy (non-hydrogen) atoms. The first-order valence-electron chi connectivity index (χ1n) is 10.9. The molecule has 0 saturated carbocycles. The number of benzene rings is 4. The third kappa shape index (κ3) is 3.69. The quantitative estimate of drug-likeness (QED) is 0.378. The minimum atomic E-state index is -0.313. The number of methoxy groups -OCH3 is 2. The van der Waals surface area contributed by atoms with Crippen LogP contribution in [0.3, 0.4) is 0 Å². The van der Waals surface area contributed by atoms with Crippen LogP contribution in [0, 0.1) is 5.82 Å². The van der Waals surface area contributed by atoms with Crippen molar-refractivity contribution in [2.24, 2.45) is 0 Å². The molecule has 4 aromatic rings. The first-order valence-corrected chi connectivity index (χ1v) is 10.9. The maximum absolute atomic E-state index is 14.4. The number of rotatable bonds is 5. The van der Waals surface area contributed by atoms with Gasteiger partial charge >= 0.3 is 0 Å². The number of hydrogen-bond acceptors (Lipinski definition) is 3. The Kier molecular flexibility index (Phi) is 5.47. The van der Waals surface area contributed by atoms with Crippen LogP contribution in [0.1, 0.15) is 29.0 Å². The molecule has 5 heteroatoms. The minimum absolute atomic E-state index is 0.0519. The van der Waals surface area contributed by atoms with Crippen LogP contribution in [0.2, 0.25) is 0 Å². The molecule has 0 saturated heterocycles. The molecule has 1 aliphatic heterocycles. The van der Waals surface area contributed by atoms with Gasteiger partial charge in [-0.05, 0) is 34.5 Å². The Hall–Kier alpha value is -3.86. The lowest BCUT2D eigenvalue weighted by molar-refractivity contribution is -0.119. The highest BCUT2D eigenvalue weighted by molar-refractivity contribution is 6.03. The van der Waals surface area contributed by atoms with Gasteiger partial charge in [-0.15, -0.1) is 0 Å². The molecule has 0 radical (unpaired) electrons. The highest BCUT2D eigenvalue weighted by atomic mass is 19.1. The van der Waals surface area contributed by atoms with Crippen molar-refractivity contribution in [3.05, 3.63) is 101 Å². The van der Waals surface area contributed by atoms with E-state index in [9.17, 15) is 9.18 Å². The van der Waals surface area contributed by atoms with Crippen molar-refractivity contribution in [1.82, 2.24) is 0 Å². The Morgan fingerprint density at radius 2 is 1.73 bits per heavy atom. The Labute approximate surface area is 192 Å². The van der Waals surface area contributed by atoms with Crippen molar-refractivity contribution in [2.75, 3.05) is 19.1 Å². The number of hydrogen-bond donors (Lipinski definition) is 0. The van der Waals surface area contributed by atoms with E-state index in [0.29, 0.717) is 17.1 Å². The van der Waals surface area contributed by atoms with Crippen LogP contribution < -0.4 is 14.4 Å². The fourth-order valence-corrected chi connectivity index (χ4v) is 4.75. The fraction of sp³-hybridized carbons (Fsp3) is 0.179. The summed E-state index contributed by atoms with van der Waals surface area (Å²) in [6.07, 6.45) is 0.262. The van der Waals surface area contributed by atoms with E-state index in [2.05, 4.69) is 12.1 Å². The molecule has 1 atom stereocenters. The van der Waals surface area contributed by atoms with E-state index in [4.69, 9.17) is 9.47 Å². The summed E-state index contributed by atoms with van der Waals surface area (Å²) in [5.41, 5.74) is 3.27. The summed E-state index contributed by atoms with van der Waals surface area (Å²) in [6.45, 7) is 0.184. The topological polar surface area (TPSA) is 38.8 Å². The molecule has 0 fully saturated rings. The molecule has 1 heterocycles. The molecule has 1 amide bonds. The zero-order valence-electron chi connectivity index (χ0n) is 18.5. The van der Waals surface area contributed by atoms with Crippen molar-refractivity contribution in [2.45, 2.75) is 18.9 Å². The number of amides is 1. The van der Waals surface area contributed by atoms with Crippen molar-refractivity contribution >= 4 is 22.4 Å². The first-order chi connectivity index (χ1) is 16.1. The van der Waals surface area contributed by atoms with Crippen LogP contribution in [-0.2, 0) is 11.3 Å². The Morgan fingerprint density at radius 1 is 0.939 bits per heavy atom. The molecule has 1 aliphatic rings. The van der Waals surface area contributed by atoms with Crippen LogP contribution in [0.4, 0.5) is 10.1 Å². The van der Waals surface area contributed by atoms with Crippen LogP contribution in [-0.4, -0.2) is 20.1 Å². The summed E-state index contributed by atoms with van der Waals surface area (Å²) < 4.78 is 25.5. The van der Waals surface area contributed by atoms with Crippen LogP contribution >= 0.6 is 0 Å². The average molecular weight is 442 g/mol. The highest BCUT2D eigenvalue weighted by Crippen LogP contribution is 2.47. The maximum Gasteiger partial charge on any atom is 0.228 e. The van der Waals surface area contributed by atoms with Crippen molar-refractivity contribution in [1.29, 1.82) is 0 Å². The molecule has 0 N–H and O–H groups in total. The lowest BCUT2D eigenvalue weighted by Gasteiger charge is -2.36. The number of nitrogens with zero attached hydrogens (tertiary/aromatic N) is 1. The van der Waals surface area contributed by atoms with Gasteiger partial charge < -0.3 is 14.4 Å². The van der Waals surface area contributed by atoms with Crippen LogP contribution in [0.5, 0.6) is 11.5 Å². The van der Waals surface area contributed by atoms with Gasteiger partial charge in [0.15, 0.2) is 0 Å². The number of carbonyl (C=O) groups excluding carboxylic acids is 1. The second kappa shape index (κ2) is 8.58. The summed E-state index contributed by atoms with van der Waals surface area (Å²) in [5, 5.41) is 2.16. The molecule has 0 bridgehead atoms. The minimum Gasteiger partial charge on any atom is -0.497 e. The van der Waals surface area contributed by atoms with Crippen LogP contribution in [0.25, 0.3) is 10.8 Å². The van der Waals surface area contributed by atoms with Gasteiger partial charge in [-0.25, -0.2) is 4.39 Å². The van der Waals surface area contributed by atoms with Gasteiger partial charge in [0.25, 0.3) is 0 Å². The van der Waals surface area contributed by atoms with Gasteiger partial charge in [-0.2, -0.15) is 0 Å². The van der Waals surface area contributed by atoms with E-state index in [1.807, 2.05) is 42.5 Å². The fourth-order valence-electron chi connectivity index (χ4n) is 4.75. The monoisotopic (exact) mass is 441 g/mol. The Morgan fingerprint density at radius 3 is 2.52 bits per heavy atom. The summed E-state index contributed by atoms with van der Waals surface area (Å²) in [6, 6.07) is 24.4. The first kappa shape index (κ1) is 21.0. The number of ether oxygens (including phenoxy) is 2. The largest absolute Gasteiger partial charge is 0.497 e. The van der Waals surface area contributed by atoms with E-state index in [1.165, 1.54) is 6.07 Å². The predicted octanol–water partition coefficient (Wildman–Crippen LogP) is 6.06. The molecule has 0 aliphatic carbocycles. The Bertz CT molecular complexity index is 1350. The van der Waals surface area contributed by atoms with Gasteiger partial charge in [0.05, 0.1) is 20.8 Å². The second-order valence-electron chi connectivity index (χ2n) is 8.16. The molecular weight excluding hydrogens is 417 g/mol. The van der Waals surface area contributed by atoms with Gasteiger partial charge in [-0.1, -0.05) is 54.6 Å². The molecule has 4 aromatic carbocycles. The Balaban J connectivity index is 1.70. The SMILES string of the molecule is COc1ccc(C2CC(=O)N(Cc3ccccc3F)c3ccc4ccccc4c32)c(OC)c1. The zero-order valence-corrected chi connectivity index (χ0v) is 18.5. The normalized spacial score (nSPS) is 15.4. The zero-order chi connectivity index (χ0) is 22.9. The number of fused-ring (bicyclic) bond motifs is 3. The molecule has 5 rings (SSSR count). The van der Waals surface area contributed by atoms with Crippen LogP contribution in [0.15, 0.2) is 78.9 Å². The van der Waals surface area contributed by atoms with Gasteiger partial charge in [0, 0.05) is 35.2 Å². The molecule has 1 unspecified atom stereocenters. The number of carbonyl (C=O) groups is 1. The average Bonchev–Trinajstić information content (AvgIpc) is 2.85. The summed E-state index contributed by atoms with van der Waals surface area (Å²) in [7, 11) is 3.24. The van der Waals surface area contributed by atoms with E-state index in [1.54, 1.807) is 37.3 Å². The molecular formula is C28H24FNO3. The lowest BCUT2D eigenvalue weighted by atomic mass is 9.80. The van der Waals surface area contributed by atoms with Crippen molar-refractivity contribution in [3.8, 4) is 11.5 Å². The summed E-state index contributed by atoms with van der Waals surface area (Å²) >= 11 is 0. The third-order valence-electron chi connectivity index (χ3n) is 6.37. The third-order valence-corrected chi connectivity index (χ3v) is 6.37. The second-order valence-corrected chi connectivity index (χ2v) is 8.16. The predicted molar refractivity (Wildman–Crippen MR) is 128 cm³/mol. The van der Waals surface area contributed by atoms with E-state index < -0.39 is 0 Å². The van der Waals surface area contributed by atoms with Crippen molar-refractivity contribution in [3.63, 3.8) is 0 Å². The van der Waals surface area contributed by atoms with Gasteiger partial charge in [0.1, 0.15) is 17.3 Å². The van der Waals surface area contributed by atoms with E-state index in [-0.39, 0.29) is 30.6 Å². The standard InChI is InChI=1S/C28H24FNO3/c1-32-20-12-13-22(26(15-20)33-2)23-16-27(31)30(17-19-8-4-6-10-24(19)29)25-14-11-18-7-3-5-9-21(18)28(23)25/h3-15,23H,16-17H2,1-2H3. The summed E-state index contributed by atoms with van der Waals surface area (Å²) in [5.74, 6) is 0.803. The molecule has 0 spiro atoms. The van der Waals surface area contributed by atoms with E-state index >= 15 is 0 Å².